The van der Waals surface area contributed by atoms with Gasteiger partial charge in [-0.2, -0.15) is 11.3 Å². The van der Waals surface area contributed by atoms with Crippen LogP contribution in [-0.4, -0.2) is 35.3 Å². The largest absolute Gasteiger partial charge is 0.342 e. The summed E-state index contributed by atoms with van der Waals surface area (Å²) < 4.78 is 0. The van der Waals surface area contributed by atoms with Crippen molar-refractivity contribution in [2.75, 3.05) is 6.54 Å². The molecule has 4 nitrogen and oxygen atoms in total. The van der Waals surface area contributed by atoms with E-state index in [9.17, 15) is 9.59 Å². The third kappa shape index (κ3) is 3.46. The molecule has 0 saturated carbocycles. The number of carbonyl (C=O) groups excluding carboxylic acids is 2. The lowest BCUT2D eigenvalue weighted by molar-refractivity contribution is -0.152. The van der Waals surface area contributed by atoms with Gasteiger partial charge in [0.15, 0.2) is 0 Å². The Labute approximate surface area is 130 Å². The second kappa shape index (κ2) is 6.60. The number of amides is 2. The summed E-state index contributed by atoms with van der Waals surface area (Å²) in [6.07, 6.45) is 0.802. The molecule has 1 aromatic rings. The minimum Gasteiger partial charge on any atom is -0.342 e. The number of rotatable bonds is 5. The molecule has 2 heterocycles. The van der Waals surface area contributed by atoms with Crippen LogP contribution in [0.3, 0.4) is 0 Å². The Morgan fingerprint density at radius 1 is 1.24 bits per heavy atom. The molecule has 0 aliphatic carbocycles. The minimum atomic E-state index is -0.394. The lowest BCUT2D eigenvalue weighted by Crippen LogP contribution is -2.66. The van der Waals surface area contributed by atoms with Crippen molar-refractivity contribution >= 4 is 23.2 Å². The summed E-state index contributed by atoms with van der Waals surface area (Å²) in [6.45, 7) is 8.52. The first-order valence-electron chi connectivity index (χ1n) is 7.53. The second-order valence-corrected chi connectivity index (χ2v) is 7.11. The van der Waals surface area contributed by atoms with Gasteiger partial charge in [0.05, 0.1) is 0 Å². The molecule has 1 N–H and O–H groups in total. The average Bonchev–Trinajstić information content (AvgIpc) is 2.91. The van der Waals surface area contributed by atoms with E-state index in [4.69, 9.17) is 0 Å². The molecule has 1 fully saturated rings. The van der Waals surface area contributed by atoms with Crippen LogP contribution in [0, 0.1) is 11.8 Å². The number of nitrogens with zero attached hydrogens (tertiary/aromatic N) is 1. The van der Waals surface area contributed by atoms with E-state index in [1.165, 1.54) is 5.56 Å². The molecular formula is C16H24N2O2S. The van der Waals surface area contributed by atoms with E-state index in [1.54, 1.807) is 16.2 Å². The quantitative estimate of drug-likeness (QED) is 0.907. The summed E-state index contributed by atoms with van der Waals surface area (Å²) in [5.74, 6) is 0.259. The Bertz CT molecular complexity index is 496. The highest BCUT2D eigenvalue weighted by atomic mass is 32.1. The summed E-state index contributed by atoms with van der Waals surface area (Å²) >= 11 is 1.66. The highest BCUT2D eigenvalue weighted by Gasteiger charge is 2.42. The predicted molar refractivity (Wildman–Crippen MR) is 85.1 cm³/mol. The van der Waals surface area contributed by atoms with Crippen LogP contribution in [0.4, 0.5) is 0 Å². The van der Waals surface area contributed by atoms with Crippen LogP contribution in [0.5, 0.6) is 0 Å². The number of hydrogen-bond donors (Lipinski definition) is 1. The molecule has 5 heteroatoms. The Morgan fingerprint density at radius 2 is 1.95 bits per heavy atom. The van der Waals surface area contributed by atoms with Crippen LogP contribution in [0.2, 0.25) is 0 Å². The van der Waals surface area contributed by atoms with Gasteiger partial charge in [-0.05, 0) is 40.6 Å². The van der Waals surface area contributed by atoms with Gasteiger partial charge in [0, 0.05) is 6.54 Å². The molecule has 2 amide bonds. The predicted octanol–water partition coefficient (Wildman–Crippen LogP) is 2.30. The Morgan fingerprint density at radius 3 is 2.48 bits per heavy atom. The maximum atomic E-state index is 12.7. The zero-order valence-corrected chi connectivity index (χ0v) is 13.9. The van der Waals surface area contributed by atoms with Crippen LogP contribution in [-0.2, 0) is 16.0 Å². The zero-order chi connectivity index (χ0) is 15.6. The van der Waals surface area contributed by atoms with Gasteiger partial charge in [-0.3, -0.25) is 9.59 Å². The molecule has 2 unspecified atom stereocenters. The van der Waals surface area contributed by atoms with Crippen LogP contribution in [0.1, 0.15) is 33.3 Å². The van der Waals surface area contributed by atoms with Crippen molar-refractivity contribution in [1.82, 2.24) is 10.2 Å². The number of thiophene rings is 1. The molecule has 1 saturated heterocycles. The van der Waals surface area contributed by atoms with E-state index < -0.39 is 6.04 Å². The molecule has 0 radical (unpaired) electrons. The number of nitrogens with one attached hydrogen (secondary N) is 1. The molecule has 1 aliphatic heterocycles. The summed E-state index contributed by atoms with van der Waals surface area (Å²) in [7, 11) is 0. The van der Waals surface area contributed by atoms with Crippen molar-refractivity contribution in [1.29, 1.82) is 0 Å². The zero-order valence-electron chi connectivity index (χ0n) is 13.1. The number of hydrogen-bond acceptors (Lipinski definition) is 3. The molecule has 0 spiro atoms. The Kier molecular flexibility index (Phi) is 5.04. The first-order chi connectivity index (χ1) is 9.91. The van der Waals surface area contributed by atoms with Gasteiger partial charge >= 0.3 is 0 Å². The van der Waals surface area contributed by atoms with Gasteiger partial charge in [0.1, 0.15) is 12.1 Å². The van der Waals surface area contributed by atoms with Gasteiger partial charge in [-0.15, -0.1) is 0 Å². The first-order valence-corrected chi connectivity index (χ1v) is 8.48. The highest BCUT2D eigenvalue weighted by Crippen LogP contribution is 2.21. The molecule has 1 aromatic heterocycles. The normalized spacial score (nSPS) is 23.0. The number of carbonyl (C=O) groups is 2. The van der Waals surface area contributed by atoms with Crippen molar-refractivity contribution in [3.05, 3.63) is 22.4 Å². The van der Waals surface area contributed by atoms with Crippen molar-refractivity contribution in [3.63, 3.8) is 0 Å². The fraction of sp³-hybridized carbons (Fsp3) is 0.625. The van der Waals surface area contributed by atoms with Crippen LogP contribution >= 0.6 is 11.3 Å². The lowest BCUT2D eigenvalue weighted by Gasteiger charge is -2.42. The molecule has 1 aliphatic rings. The van der Waals surface area contributed by atoms with E-state index in [2.05, 4.69) is 16.8 Å². The number of piperazine rings is 1. The average molecular weight is 308 g/mol. The van der Waals surface area contributed by atoms with Gasteiger partial charge in [-0.25, -0.2) is 0 Å². The van der Waals surface area contributed by atoms with E-state index in [1.807, 2.05) is 33.1 Å². The van der Waals surface area contributed by atoms with Crippen LogP contribution in [0.15, 0.2) is 16.8 Å². The SMILES string of the molecule is CC(C)C1NC(=O)C(C(C)C)N(CCc2ccsc2)C1=O. The fourth-order valence-electron chi connectivity index (χ4n) is 2.81. The van der Waals surface area contributed by atoms with Gasteiger partial charge < -0.3 is 10.2 Å². The standard InChI is InChI=1S/C16H24N2O2S/c1-10(2)13-16(20)18(7-5-12-6-8-21-9-12)14(11(3)4)15(19)17-13/h6,8-11,13-14H,5,7H2,1-4H3,(H,17,19). The maximum Gasteiger partial charge on any atom is 0.246 e. The van der Waals surface area contributed by atoms with Gasteiger partial charge in [-0.1, -0.05) is 27.7 Å². The lowest BCUT2D eigenvalue weighted by atomic mass is 9.92. The molecule has 0 bridgehead atoms. The van der Waals surface area contributed by atoms with Crippen molar-refractivity contribution in [2.45, 2.75) is 46.2 Å². The molecule has 2 atom stereocenters. The van der Waals surface area contributed by atoms with E-state index in [-0.39, 0.29) is 29.7 Å². The van der Waals surface area contributed by atoms with E-state index in [0.717, 1.165) is 6.42 Å². The second-order valence-electron chi connectivity index (χ2n) is 6.33. The summed E-state index contributed by atoms with van der Waals surface area (Å²) in [5.41, 5.74) is 1.22. The minimum absolute atomic E-state index is 0.0198. The summed E-state index contributed by atoms with van der Waals surface area (Å²) in [5, 5.41) is 7.03. The molecule has 21 heavy (non-hydrogen) atoms. The van der Waals surface area contributed by atoms with E-state index >= 15 is 0 Å². The molecule has 0 aromatic carbocycles. The maximum absolute atomic E-state index is 12.7. The highest BCUT2D eigenvalue weighted by molar-refractivity contribution is 7.07. The molecule has 116 valence electrons. The molecular weight excluding hydrogens is 284 g/mol. The monoisotopic (exact) mass is 308 g/mol. The van der Waals surface area contributed by atoms with E-state index in [0.29, 0.717) is 6.54 Å². The third-order valence-electron chi connectivity index (χ3n) is 3.97. The Hall–Kier alpha value is -1.36. The Balaban J connectivity index is 2.17. The topological polar surface area (TPSA) is 49.4 Å². The molecule has 2 rings (SSSR count). The first kappa shape index (κ1) is 16.0. The van der Waals surface area contributed by atoms with Gasteiger partial charge in [0.25, 0.3) is 0 Å². The van der Waals surface area contributed by atoms with Crippen LogP contribution in [0.25, 0.3) is 0 Å². The smallest absolute Gasteiger partial charge is 0.246 e. The van der Waals surface area contributed by atoms with Gasteiger partial charge in [0.2, 0.25) is 11.8 Å². The summed E-state index contributed by atoms with van der Waals surface area (Å²) in [4.78, 5) is 26.8. The summed E-state index contributed by atoms with van der Waals surface area (Å²) in [6, 6.07) is 1.32. The van der Waals surface area contributed by atoms with Crippen molar-refractivity contribution < 1.29 is 9.59 Å². The third-order valence-corrected chi connectivity index (χ3v) is 4.70. The van der Waals surface area contributed by atoms with Crippen molar-refractivity contribution in [2.24, 2.45) is 11.8 Å². The van der Waals surface area contributed by atoms with Crippen LogP contribution < -0.4 is 5.32 Å². The fourth-order valence-corrected chi connectivity index (χ4v) is 3.51. The van der Waals surface area contributed by atoms with Crippen molar-refractivity contribution in [3.8, 4) is 0 Å².